The molecule has 0 fully saturated rings. The average molecular weight is 395 g/mol. The molecule has 2 aromatic rings. The number of hydrogen-bond acceptors (Lipinski definition) is 2. The van der Waals surface area contributed by atoms with Crippen LogP contribution in [-0.4, -0.2) is 32.2 Å². The molecule has 0 heterocycles. The lowest BCUT2D eigenvalue weighted by Gasteiger charge is -2.23. The Hall–Kier alpha value is -1.66. The number of hydrogen-bond donors (Lipinski definition) is 0. The monoisotopic (exact) mass is 394 g/mol. The van der Waals surface area contributed by atoms with E-state index in [-0.39, 0.29) is 4.90 Å². The zero-order valence-corrected chi connectivity index (χ0v) is 15.5. The van der Waals surface area contributed by atoms with E-state index in [0.717, 1.165) is 10.0 Å². The van der Waals surface area contributed by atoms with E-state index in [1.165, 1.54) is 0 Å². The molecule has 6 heteroatoms. The van der Waals surface area contributed by atoms with Crippen molar-refractivity contribution >= 4 is 31.8 Å². The number of benzene rings is 2. The summed E-state index contributed by atoms with van der Waals surface area (Å²) in [5.41, 5.74) is 0.789. The lowest BCUT2D eigenvalue weighted by Crippen LogP contribution is -2.32. The largest absolute Gasteiger partial charge is 0.356 e. The molecule has 23 heavy (non-hydrogen) atoms. The molecule has 0 aliphatic carbocycles. The van der Waals surface area contributed by atoms with Gasteiger partial charge in [-0.2, -0.15) is 8.42 Å². The van der Waals surface area contributed by atoms with Crippen molar-refractivity contribution in [3.8, 4) is 0 Å². The van der Waals surface area contributed by atoms with Gasteiger partial charge in [-0.25, -0.2) is 0 Å². The standard InChI is InChI=1S/C17H19BrN2O2S/c1-3-20(4-2)17(14-8-6-5-7-9-14)19-23(21,22)16-12-10-15(18)11-13-16/h5-13H,3-4H2,1-2H3. The molecule has 0 unspecified atom stereocenters. The van der Waals surface area contributed by atoms with Crippen LogP contribution in [0.5, 0.6) is 0 Å². The molecule has 122 valence electrons. The quantitative estimate of drug-likeness (QED) is 0.570. The second kappa shape index (κ2) is 7.75. The molecule has 0 aliphatic heterocycles. The van der Waals surface area contributed by atoms with Crippen LogP contribution in [0.3, 0.4) is 0 Å². The lowest BCUT2D eigenvalue weighted by molar-refractivity contribution is 0.467. The molecule has 0 N–H and O–H groups in total. The van der Waals surface area contributed by atoms with Crippen molar-refractivity contribution in [1.82, 2.24) is 4.90 Å². The molecular weight excluding hydrogens is 376 g/mol. The van der Waals surface area contributed by atoms with Crippen LogP contribution in [0.15, 0.2) is 68.4 Å². The van der Waals surface area contributed by atoms with Crippen molar-refractivity contribution < 1.29 is 8.42 Å². The molecule has 0 aromatic heterocycles. The molecule has 2 rings (SSSR count). The molecule has 0 bridgehead atoms. The van der Waals surface area contributed by atoms with Gasteiger partial charge in [0, 0.05) is 23.1 Å². The maximum atomic E-state index is 12.6. The second-order valence-electron chi connectivity index (χ2n) is 4.88. The van der Waals surface area contributed by atoms with Crippen LogP contribution in [0.4, 0.5) is 0 Å². The Balaban J connectivity index is 2.53. The highest BCUT2D eigenvalue weighted by atomic mass is 79.9. The smallest absolute Gasteiger partial charge is 0.284 e. The van der Waals surface area contributed by atoms with Gasteiger partial charge in [0.05, 0.1) is 4.90 Å². The molecule has 2 aromatic carbocycles. The van der Waals surface area contributed by atoms with Crippen molar-refractivity contribution in [3.63, 3.8) is 0 Å². The van der Waals surface area contributed by atoms with Gasteiger partial charge in [-0.1, -0.05) is 46.3 Å². The van der Waals surface area contributed by atoms with Crippen LogP contribution in [0, 0.1) is 0 Å². The van der Waals surface area contributed by atoms with E-state index in [2.05, 4.69) is 20.3 Å². The summed E-state index contributed by atoms with van der Waals surface area (Å²) in [6.45, 7) is 5.32. The molecule has 0 saturated heterocycles. The van der Waals surface area contributed by atoms with Crippen molar-refractivity contribution in [2.45, 2.75) is 18.7 Å². The maximum Gasteiger partial charge on any atom is 0.284 e. The third kappa shape index (κ3) is 4.42. The highest BCUT2D eigenvalue weighted by Gasteiger charge is 2.18. The molecule has 0 saturated carbocycles. The van der Waals surface area contributed by atoms with Gasteiger partial charge in [-0.05, 0) is 38.1 Å². The fourth-order valence-corrected chi connectivity index (χ4v) is 3.47. The van der Waals surface area contributed by atoms with Gasteiger partial charge in [0.15, 0.2) is 0 Å². The Bertz CT molecular complexity index is 768. The fourth-order valence-electron chi connectivity index (χ4n) is 2.18. The SMILES string of the molecule is CCN(CC)C(=NS(=O)(=O)c1ccc(Br)cc1)c1ccccc1. The van der Waals surface area contributed by atoms with Crippen molar-refractivity contribution in [2.24, 2.45) is 4.40 Å². The maximum absolute atomic E-state index is 12.6. The van der Waals surface area contributed by atoms with Crippen LogP contribution in [0.1, 0.15) is 19.4 Å². The Morgan fingerprint density at radius 2 is 1.57 bits per heavy atom. The topological polar surface area (TPSA) is 49.7 Å². The Morgan fingerprint density at radius 3 is 2.09 bits per heavy atom. The number of amidine groups is 1. The molecule has 0 spiro atoms. The lowest BCUT2D eigenvalue weighted by atomic mass is 10.2. The summed E-state index contributed by atoms with van der Waals surface area (Å²) in [4.78, 5) is 2.12. The Morgan fingerprint density at radius 1 is 1.00 bits per heavy atom. The first-order valence-corrected chi connectivity index (χ1v) is 9.62. The van der Waals surface area contributed by atoms with Crippen LogP contribution in [-0.2, 0) is 10.0 Å². The zero-order valence-electron chi connectivity index (χ0n) is 13.1. The van der Waals surface area contributed by atoms with E-state index in [4.69, 9.17) is 0 Å². The van der Waals surface area contributed by atoms with E-state index in [1.807, 2.05) is 49.1 Å². The minimum absolute atomic E-state index is 0.182. The van der Waals surface area contributed by atoms with Crippen LogP contribution < -0.4 is 0 Å². The fraction of sp³-hybridized carbons (Fsp3) is 0.235. The van der Waals surface area contributed by atoms with E-state index in [9.17, 15) is 8.42 Å². The van der Waals surface area contributed by atoms with Gasteiger partial charge < -0.3 is 4.90 Å². The van der Waals surface area contributed by atoms with Gasteiger partial charge in [0.25, 0.3) is 10.0 Å². The highest BCUT2D eigenvalue weighted by molar-refractivity contribution is 9.10. The van der Waals surface area contributed by atoms with E-state index in [0.29, 0.717) is 18.9 Å². The van der Waals surface area contributed by atoms with E-state index in [1.54, 1.807) is 24.3 Å². The summed E-state index contributed by atoms with van der Waals surface area (Å²) < 4.78 is 30.2. The number of nitrogens with zero attached hydrogens (tertiary/aromatic N) is 2. The van der Waals surface area contributed by atoms with Crippen molar-refractivity contribution in [3.05, 3.63) is 64.6 Å². The average Bonchev–Trinajstić information content (AvgIpc) is 2.56. The summed E-state index contributed by atoms with van der Waals surface area (Å²) in [7, 11) is -3.76. The predicted molar refractivity (Wildman–Crippen MR) is 97.2 cm³/mol. The van der Waals surface area contributed by atoms with E-state index < -0.39 is 10.0 Å². The van der Waals surface area contributed by atoms with Gasteiger partial charge >= 0.3 is 0 Å². The molecule has 4 nitrogen and oxygen atoms in total. The summed E-state index contributed by atoms with van der Waals surface area (Å²) in [6, 6.07) is 15.9. The minimum atomic E-state index is -3.76. The predicted octanol–water partition coefficient (Wildman–Crippen LogP) is 3.93. The summed E-state index contributed by atoms with van der Waals surface area (Å²) in [6.07, 6.45) is 0. The third-order valence-corrected chi connectivity index (χ3v) is 5.22. The first-order valence-electron chi connectivity index (χ1n) is 7.38. The normalized spacial score (nSPS) is 12.2. The van der Waals surface area contributed by atoms with Gasteiger partial charge in [0.1, 0.15) is 5.84 Å². The molecular formula is C17H19BrN2O2S. The summed E-state index contributed by atoms with van der Waals surface area (Å²) >= 11 is 3.31. The van der Waals surface area contributed by atoms with Gasteiger partial charge in [0.2, 0.25) is 0 Å². The Kier molecular flexibility index (Phi) is 5.96. The zero-order chi connectivity index (χ0) is 16.9. The van der Waals surface area contributed by atoms with E-state index >= 15 is 0 Å². The number of halogens is 1. The minimum Gasteiger partial charge on any atom is -0.356 e. The summed E-state index contributed by atoms with van der Waals surface area (Å²) in [5, 5.41) is 0. The summed E-state index contributed by atoms with van der Waals surface area (Å²) in [5.74, 6) is 0.471. The van der Waals surface area contributed by atoms with Crippen LogP contribution >= 0.6 is 15.9 Å². The molecule has 0 radical (unpaired) electrons. The molecule has 0 amide bonds. The highest BCUT2D eigenvalue weighted by Crippen LogP contribution is 2.18. The van der Waals surface area contributed by atoms with Gasteiger partial charge in [-0.3, -0.25) is 0 Å². The van der Waals surface area contributed by atoms with Crippen molar-refractivity contribution in [2.75, 3.05) is 13.1 Å². The molecule has 0 atom stereocenters. The first kappa shape index (κ1) is 17.7. The number of sulfonamides is 1. The van der Waals surface area contributed by atoms with Crippen LogP contribution in [0.25, 0.3) is 0 Å². The number of rotatable bonds is 5. The Labute approximate surface area is 146 Å². The van der Waals surface area contributed by atoms with Gasteiger partial charge in [-0.15, -0.1) is 4.40 Å². The molecule has 0 aliphatic rings. The van der Waals surface area contributed by atoms with Crippen LogP contribution in [0.2, 0.25) is 0 Å². The second-order valence-corrected chi connectivity index (χ2v) is 7.40. The third-order valence-electron chi connectivity index (χ3n) is 3.41. The van der Waals surface area contributed by atoms with Crippen molar-refractivity contribution in [1.29, 1.82) is 0 Å². The first-order chi connectivity index (χ1) is 11.0.